The van der Waals surface area contributed by atoms with Gasteiger partial charge >= 0.3 is 0 Å². The average Bonchev–Trinajstić information content (AvgIpc) is 2.89. The standard InChI is InChI=1S/C14H22N4OS/c1-12-13(18-7-6-15-11-18)16-10-17-14(12)19-8-5-9-20(2,3)4/h6-7,10-11H,5,8-9H2,1-4H3. The van der Waals surface area contributed by atoms with Crippen molar-refractivity contribution in [1.82, 2.24) is 19.5 Å². The fraction of sp³-hybridized carbons (Fsp3) is 0.500. The van der Waals surface area contributed by atoms with Crippen LogP contribution in [-0.2, 0) is 0 Å². The summed E-state index contributed by atoms with van der Waals surface area (Å²) >= 11 is 0. The maximum absolute atomic E-state index is 5.80. The predicted octanol–water partition coefficient (Wildman–Crippen LogP) is 2.43. The van der Waals surface area contributed by atoms with Gasteiger partial charge in [0.2, 0.25) is 5.88 Å². The van der Waals surface area contributed by atoms with E-state index in [9.17, 15) is 0 Å². The summed E-state index contributed by atoms with van der Waals surface area (Å²) in [5.74, 6) is 2.69. The first-order chi connectivity index (χ1) is 9.47. The Kier molecular flexibility index (Phi) is 4.65. The second-order valence-corrected chi connectivity index (χ2v) is 10.2. The molecule has 0 saturated carbocycles. The molecule has 2 heterocycles. The van der Waals surface area contributed by atoms with Crippen molar-refractivity contribution in [2.45, 2.75) is 13.3 Å². The van der Waals surface area contributed by atoms with Crippen LogP contribution in [-0.4, -0.2) is 50.6 Å². The fourth-order valence-electron chi connectivity index (χ4n) is 1.88. The van der Waals surface area contributed by atoms with Gasteiger partial charge in [0.1, 0.15) is 18.5 Å². The average molecular weight is 294 g/mol. The van der Waals surface area contributed by atoms with E-state index in [1.807, 2.05) is 17.7 Å². The van der Waals surface area contributed by atoms with Gasteiger partial charge in [-0.25, -0.2) is 25.0 Å². The van der Waals surface area contributed by atoms with Crippen LogP contribution in [0.3, 0.4) is 0 Å². The van der Waals surface area contributed by atoms with Gasteiger partial charge in [0.15, 0.2) is 0 Å². The summed E-state index contributed by atoms with van der Waals surface area (Å²) in [6.45, 7) is 2.67. The SMILES string of the molecule is Cc1c(OCCCS(C)(C)C)ncnc1-n1ccnc1. The number of nitrogens with zero attached hydrogens (tertiary/aromatic N) is 4. The van der Waals surface area contributed by atoms with E-state index < -0.39 is 10.0 Å². The third-order valence-corrected chi connectivity index (χ3v) is 4.41. The molecule has 2 aromatic heterocycles. The Balaban J connectivity index is 2.01. The molecule has 110 valence electrons. The molecule has 5 nitrogen and oxygen atoms in total. The Bertz CT molecular complexity index is 549. The third kappa shape index (κ3) is 3.96. The van der Waals surface area contributed by atoms with Crippen LogP contribution < -0.4 is 4.74 Å². The Morgan fingerprint density at radius 2 is 2.05 bits per heavy atom. The van der Waals surface area contributed by atoms with Gasteiger partial charge in [0.25, 0.3) is 0 Å². The lowest BCUT2D eigenvalue weighted by Gasteiger charge is -2.24. The van der Waals surface area contributed by atoms with Crippen molar-refractivity contribution < 1.29 is 4.74 Å². The minimum absolute atomic E-state index is 0.457. The van der Waals surface area contributed by atoms with E-state index in [1.54, 1.807) is 12.5 Å². The van der Waals surface area contributed by atoms with Gasteiger partial charge in [-0.05, 0) is 37.9 Å². The molecule has 2 rings (SSSR count). The van der Waals surface area contributed by atoms with Crippen molar-refractivity contribution in [3.63, 3.8) is 0 Å². The summed E-state index contributed by atoms with van der Waals surface area (Å²) in [6.07, 6.45) is 14.9. The molecule has 0 aromatic carbocycles. The van der Waals surface area contributed by atoms with E-state index in [-0.39, 0.29) is 0 Å². The first-order valence-electron chi connectivity index (χ1n) is 6.56. The molecule has 0 spiro atoms. The van der Waals surface area contributed by atoms with Crippen molar-refractivity contribution >= 4 is 10.0 Å². The van der Waals surface area contributed by atoms with Crippen LogP contribution in [0.1, 0.15) is 12.0 Å². The van der Waals surface area contributed by atoms with E-state index >= 15 is 0 Å². The maximum Gasteiger partial charge on any atom is 0.221 e. The van der Waals surface area contributed by atoms with E-state index in [2.05, 4.69) is 33.7 Å². The van der Waals surface area contributed by atoms with Gasteiger partial charge in [-0.3, -0.25) is 4.57 Å². The molecule has 0 aliphatic heterocycles. The van der Waals surface area contributed by atoms with Gasteiger partial charge in [0, 0.05) is 12.4 Å². The van der Waals surface area contributed by atoms with Crippen LogP contribution in [0.5, 0.6) is 5.88 Å². The first kappa shape index (κ1) is 14.8. The van der Waals surface area contributed by atoms with E-state index in [0.717, 1.165) is 17.8 Å². The maximum atomic E-state index is 5.80. The number of imidazole rings is 1. The summed E-state index contributed by atoms with van der Waals surface area (Å²) in [7, 11) is -0.457. The Labute approximate surface area is 121 Å². The zero-order valence-corrected chi connectivity index (χ0v) is 13.4. The van der Waals surface area contributed by atoms with Gasteiger partial charge in [-0.2, -0.15) is 0 Å². The lowest BCUT2D eigenvalue weighted by Crippen LogP contribution is -2.08. The molecule has 0 atom stereocenters. The van der Waals surface area contributed by atoms with Crippen LogP contribution >= 0.6 is 10.0 Å². The smallest absolute Gasteiger partial charge is 0.221 e. The number of aromatic nitrogens is 4. The molecule has 0 fully saturated rings. The molecule has 0 aliphatic rings. The van der Waals surface area contributed by atoms with Crippen LogP contribution in [0.25, 0.3) is 5.82 Å². The van der Waals surface area contributed by atoms with E-state index in [0.29, 0.717) is 12.5 Å². The van der Waals surface area contributed by atoms with Crippen molar-refractivity contribution in [3.8, 4) is 11.7 Å². The van der Waals surface area contributed by atoms with Crippen molar-refractivity contribution in [2.75, 3.05) is 31.1 Å². The highest BCUT2D eigenvalue weighted by atomic mass is 32.3. The second-order valence-electron chi connectivity index (χ2n) is 5.59. The monoisotopic (exact) mass is 294 g/mol. The molecule has 0 radical (unpaired) electrons. The summed E-state index contributed by atoms with van der Waals surface area (Å²) in [6, 6.07) is 0. The van der Waals surface area contributed by atoms with Crippen LogP contribution in [0.2, 0.25) is 0 Å². The summed E-state index contributed by atoms with van der Waals surface area (Å²) in [5, 5.41) is 0. The summed E-state index contributed by atoms with van der Waals surface area (Å²) < 4.78 is 7.66. The lowest BCUT2D eigenvalue weighted by atomic mass is 10.3. The quantitative estimate of drug-likeness (QED) is 0.768. The van der Waals surface area contributed by atoms with Gasteiger partial charge in [-0.1, -0.05) is 0 Å². The molecule has 0 N–H and O–H groups in total. The third-order valence-electron chi connectivity index (χ3n) is 2.90. The molecular weight excluding hydrogens is 272 g/mol. The van der Waals surface area contributed by atoms with Crippen molar-refractivity contribution in [2.24, 2.45) is 0 Å². The minimum Gasteiger partial charge on any atom is -0.477 e. The zero-order chi connectivity index (χ0) is 14.6. The molecule has 0 unspecified atom stereocenters. The topological polar surface area (TPSA) is 52.8 Å². The van der Waals surface area contributed by atoms with Gasteiger partial charge in [-0.15, -0.1) is 0 Å². The second kappa shape index (κ2) is 6.26. The molecule has 20 heavy (non-hydrogen) atoms. The fourth-order valence-corrected chi connectivity index (χ4v) is 2.86. The van der Waals surface area contributed by atoms with Crippen LogP contribution in [0.15, 0.2) is 25.0 Å². The highest BCUT2D eigenvalue weighted by Gasteiger charge is 2.10. The molecular formula is C14H22N4OS. The minimum atomic E-state index is -0.457. The molecule has 0 aliphatic carbocycles. The lowest BCUT2D eigenvalue weighted by molar-refractivity contribution is 0.303. The molecule has 6 heteroatoms. The molecule has 0 bridgehead atoms. The Morgan fingerprint density at radius 1 is 1.25 bits per heavy atom. The number of rotatable bonds is 6. The van der Waals surface area contributed by atoms with Crippen LogP contribution in [0.4, 0.5) is 0 Å². The zero-order valence-electron chi connectivity index (χ0n) is 12.5. The number of hydrogen-bond donors (Lipinski definition) is 0. The largest absolute Gasteiger partial charge is 0.477 e. The van der Waals surface area contributed by atoms with Gasteiger partial charge < -0.3 is 4.74 Å². The van der Waals surface area contributed by atoms with Crippen molar-refractivity contribution in [3.05, 3.63) is 30.6 Å². The predicted molar refractivity (Wildman–Crippen MR) is 84.2 cm³/mol. The highest BCUT2D eigenvalue weighted by Crippen LogP contribution is 2.34. The normalized spacial score (nSPS) is 12.4. The molecule has 0 saturated heterocycles. The summed E-state index contributed by atoms with van der Waals surface area (Å²) in [5.41, 5.74) is 0.939. The van der Waals surface area contributed by atoms with Gasteiger partial charge in [0.05, 0.1) is 12.2 Å². The Morgan fingerprint density at radius 3 is 2.70 bits per heavy atom. The highest BCUT2D eigenvalue weighted by molar-refractivity contribution is 8.32. The summed E-state index contributed by atoms with van der Waals surface area (Å²) in [4.78, 5) is 12.5. The van der Waals surface area contributed by atoms with Crippen molar-refractivity contribution in [1.29, 1.82) is 0 Å². The van der Waals surface area contributed by atoms with Crippen LogP contribution in [0, 0.1) is 6.92 Å². The Hall–Kier alpha value is -1.56. The van der Waals surface area contributed by atoms with E-state index in [4.69, 9.17) is 4.74 Å². The number of hydrogen-bond acceptors (Lipinski definition) is 4. The number of ether oxygens (including phenoxy) is 1. The molecule has 2 aromatic rings. The first-order valence-corrected chi connectivity index (χ1v) is 9.59. The van der Waals surface area contributed by atoms with E-state index in [1.165, 1.54) is 12.1 Å². The molecule has 0 amide bonds.